The number of fused-ring (bicyclic) bond motifs is 2. The van der Waals surface area contributed by atoms with Crippen LogP contribution in [0.3, 0.4) is 0 Å². The average Bonchev–Trinajstić information content (AvgIpc) is 3.69. The summed E-state index contributed by atoms with van der Waals surface area (Å²) in [5.74, 6) is 0.606. The summed E-state index contributed by atoms with van der Waals surface area (Å²) in [5.41, 5.74) is 7.44. The Bertz CT molecular complexity index is 2940. The highest BCUT2D eigenvalue weighted by Gasteiger charge is 2.40. The van der Waals surface area contributed by atoms with E-state index in [4.69, 9.17) is 9.72 Å². The lowest BCUT2D eigenvalue weighted by Gasteiger charge is -2.46. The highest BCUT2D eigenvalue weighted by molar-refractivity contribution is 9.10. The quantitative estimate of drug-likeness (QED) is 0.105. The Balaban J connectivity index is 0.721. The molecule has 368 valence electrons. The van der Waals surface area contributed by atoms with Crippen LogP contribution < -0.4 is 35.2 Å². The van der Waals surface area contributed by atoms with Crippen LogP contribution in [0.4, 0.5) is 40.2 Å². The summed E-state index contributed by atoms with van der Waals surface area (Å²) in [7, 11) is -1.98. The number of anilines is 7. The van der Waals surface area contributed by atoms with E-state index in [1.807, 2.05) is 12.1 Å². The Kier molecular flexibility index (Phi) is 13.5. The predicted molar refractivity (Wildman–Crippen MR) is 273 cm³/mol. The van der Waals surface area contributed by atoms with Gasteiger partial charge in [0.25, 0.3) is 5.91 Å². The average molecular weight is 1040 g/mol. The minimum absolute atomic E-state index is 0.136. The summed E-state index contributed by atoms with van der Waals surface area (Å²) >= 11 is 3.55. The molecule has 0 unspecified atom stereocenters. The topological polar surface area (TPSA) is 210 Å². The number of piperazine rings is 1. The molecule has 7 heterocycles. The Morgan fingerprint density at radius 2 is 1.54 bits per heavy atom. The number of methoxy groups -OCH3 is 1. The highest BCUT2D eigenvalue weighted by atomic mass is 79.9. The Morgan fingerprint density at radius 3 is 2.26 bits per heavy atom. The molecular weight excluding hydrogens is 979 g/mol. The van der Waals surface area contributed by atoms with E-state index < -0.39 is 16.1 Å². The Morgan fingerprint density at radius 1 is 0.814 bits per heavy atom. The number of likely N-dealkylation sites (tertiary alicyclic amines) is 1. The van der Waals surface area contributed by atoms with Crippen LogP contribution in [-0.2, 0) is 32.6 Å². The van der Waals surface area contributed by atoms with E-state index in [9.17, 15) is 22.8 Å². The van der Waals surface area contributed by atoms with Crippen LogP contribution in [0.15, 0.2) is 65.5 Å². The van der Waals surface area contributed by atoms with Gasteiger partial charge in [-0.25, -0.2) is 13.4 Å². The van der Waals surface area contributed by atoms with E-state index in [0.29, 0.717) is 69.3 Å². The summed E-state index contributed by atoms with van der Waals surface area (Å²) in [5, 5.41) is 9.01. The highest BCUT2D eigenvalue weighted by Crippen LogP contribution is 2.39. The van der Waals surface area contributed by atoms with Crippen molar-refractivity contribution < 1.29 is 27.5 Å². The molecule has 0 radical (unpaired) electrons. The number of sulfonamides is 1. The SMILES string of the molecule is CCc1cc(Nc2ncc(Br)c(Nc3ccc4nccnc4c3NS(C)(=O)=O)n2)c(OC)cc1N1CCC(N2CCC(N3CCN(c4ccc5c(c4)CN([C@H]4CCC(=O)NC4=O)C5=O)CC3)CC2)CC1. The number of carbonyl (C=O) groups is 3. The first-order chi connectivity index (χ1) is 33.8. The van der Waals surface area contributed by atoms with Crippen molar-refractivity contribution in [1.82, 2.24) is 40.0 Å². The smallest absolute Gasteiger partial charge is 0.255 e. The molecule has 4 fully saturated rings. The minimum atomic E-state index is -3.65. The van der Waals surface area contributed by atoms with Crippen molar-refractivity contribution >= 4 is 94.9 Å². The van der Waals surface area contributed by atoms with Gasteiger partial charge in [-0.2, -0.15) is 4.98 Å². The van der Waals surface area contributed by atoms with Gasteiger partial charge in [0.1, 0.15) is 23.1 Å². The minimum Gasteiger partial charge on any atom is -0.494 e. The van der Waals surface area contributed by atoms with Crippen molar-refractivity contribution in [3.05, 3.63) is 82.2 Å². The second-order valence-electron chi connectivity index (χ2n) is 18.7. The van der Waals surface area contributed by atoms with Crippen LogP contribution in [0.1, 0.15) is 66.9 Å². The van der Waals surface area contributed by atoms with Crippen molar-refractivity contribution in [2.75, 3.05) is 90.9 Å². The van der Waals surface area contributed by atoms with Crippen LogP contribution in [0.2, 0.25) is 0 Å². The first-order valence-electron chi connectivity index (χ1n) is 24.1. The van der Waals surface area contributed by atoms with Gasteiger partial charge >= 0.3 is 0 Å². The Labute approximate surface area is 415 Å². The number of ether oxygens (including phenoxy) is 1. The molecule has 4 N–H and O–H groups in total. The third-order valence-electron chi connectivity index (χ3n) is 14.5. The number of aryl methyl sites for hydroxylation is 1. The van der Waals surface area contributed by atoms with Crippen molar-refractivity contribution in [1.29, 1.82) is 0 Å². The number of hydrogen-bond donors (Lipinski definition) is 4. The number of halogens is 1. The number of benzene rings is 3. The summed E-state index contributed by atoms with van der Waals surface area (Å²) in [6, 6.07) is 14.3. The van der Waals surface area contributed by atoms with E-state index in [0.717, 1.165) is 94.8 Å². The normalized spacial score (nSPS) is 19.9. The van der Waals surface area contributed by atoms with Gasteiger partial charge in [0.2, 0.25) is 27.8 Å². The zero-order chi connectivity index (χ0) is 48.7. The Hall–Kier alpha value is -6.16. The molecule has 3 aromatic carbocycles. The molecule has 3 amide bonds. The molecule has 5 aliphatic heterocycles. The van der Waals surface area contributed by atoms with Crippen LogP contribution in [0.5, 0.6) is 5.75 Å². The lowest BCUT2D eigenvalue weighted by molar-refractivity contribution is -0.136. The molecule has 0 saturated carbocycles. The number of imide groups is 1. The summed E-state index contributed by atoms with van der Waals surface area (Å²) < 4.78 is 33.9. The largest absolute Gasteiger partial charge is 0.494 e. The molecule has 0 spiro atoms. The van der Waals surface area contributed by atoms with Gasteiger partial charge in [-0.3, -0.25) is 39.3 Å². The van der Waals surface area contributed by atoms with Gasteiger partial charge < -0.3 is 35.0 Å². The number of carbonyl (C=O) groups excluding carboxylic acids is 3. The third kappa shape index (κ3) is 9.93. The predicted octanol–water partition coefficient (Wildman–Crippen LogP) is 5.63. The molecule has 0 bridgehead atoms. The third-order valence-corrected chi connectivity index (χ3v) is 15.6. The number of aromatic nitrogens is 4. The molecule has 4 saturated heterocycles. The van der Waals surface area contributed by atoms with Gasteiger partial charge in [-0.1, -0.05) is 6.92 Å². The fraction of sp³-hybridized carbons (Fsp3) is 0.449. The zero-order valence-electron chi connectivity index (χ0n) is 39.6. The molecule has 0 aliphatic carbocycles. The lowest BCUT2D eigenvalue weighted by atomic mass is 9.95. The maximum Gasteiger partial charge on any atom is 0.255 e. The number of rotatable bonds is 13. The maximum atomic E-state index is 13.2. The molecule has 10 rings (SSSR count). The van der Waals surface area contributed by atoms with Crippen molar-refractivity contribution in [3.63, 3.8) is 0 Å². The van der Waals surface area contributed by atoms with E-state index >= 15 is 0 Å². The molecule has 1 atom stereocenters. The fourth-order valence-electron chi connectivity index (χ4n) is 10.8. The summed E-state index contributed by atoms with van der Waals surface area (Å²) in [6.07, 6.45) is 11.7. The molecular formula is C49H58BrN13O6S. The molecule has 21 heteroatoms. The number of nitrogens with one attached hydrogen (secondary N) is 4. The lowest BCUT2D eigenvalue weighted by Crippen LogP contribution is -2.55. The van der Waals surface area contributed by atoms with E-state index in [1.54, 1.807) is 36.5 Å². The first kappa shape index (κ1) is 47.5. The molecule has 5 aromatic rings. The summed E-state index contributed by atoms with van der Waals surface area (Å²) in [6.45, 7) is 10.6. The van der Waals surface area contributed by atoms with Crippen molar-refractivity contribution in [2.24, 2.45) is 0 Å². The van der Waals surface area contributed by atoms with Gasteiger partial charge in [0, 0.05) is 106 Å². The van der Waals surface area contributed by atoms with Gasteiger partial charge in [0.05, 0.1) is 40.4 Å². The van der Waals surface area contributed by atoms with Gasteiger partial charge in [-0.15, -0.1) is 0 Å². The van der Waals surface area contributed by atoms with Crippen molar-refractivity contribution in [3.8, 4) is 5.75 Å². The number of hydrogen-bond acceptors (Lipinski definition) is 16. The number of nitrogens with zero attached hydrogens (tertiary/aromatic N) is 9. The fourth-order valence-corrected chi connectivity index (χ4v) is 11.7. The monoisotopic (exact) mass is 1040 g/mol. The number of amides is 3. The van der Waals surface area contributed by atoms with E-state index in [-0.39, 0.29) is 29.8 Å². The van der Waals surface area contributed by atoms with E-state index in [2.05, 4.69) is 96.3 Å². The standard InChI is InChI=1S/C49H58BrN13O6S/c1-4-30-26-39(55-49-53-28-36(50)46(57-49)54-38-8-7-37-44(52-16-15-51-37)45(38)58-70(3,67)68)42(69-2)27-41(30)62-19-13-32(14-20-62)59-17-11-33(12-18-59)60-21-23-61(24-22-60)34-5-6-35-31(25-34)29-63(48(35)66)40-9-10-43(64)56-47(40)65/h5-8,15-16,25-28,32-33,40,58H,4,9-14,17-24,29H2,1-3H3,(H,56,64,65)(H2,53,54,55,57)/t40-/m0/s1. The van der Waals surface area contributed by atoms with Gasteiger partial charge in [0.15, 0.2) is 0 Å². The van der Waals surface area contributed by atoms with Crippen molar-refractivity contribution in [2.45, 2.75) is 76.5 Å². The molecule has 2 aromatic heterocycles. The van der Waals surface area contributed by atoms with Gasteiger partial charge in [-0.05, 0) is 115 Å². The molecule has 70 heavy (non-hydrogen) atoms. The first-order valence-corrected chi connectivity index (χ1v) is 26.8. The maximum absolute atomic E-state index is 13.2. The van der Waals surface area contributed by atoms with Crippen LogP contribution in [0, 0.1) is 0 Å². The van der Waals surface area contributed by atoms with E-state index in [1.165, 1.54) is 30.3 Å². The van der Waals surface area contributed by atoms with Crippen LogP contribution in [0.25, 0.3) is 11.0 Å². The van der Waals surface area contributed by atoms with Crippen LogP contribution in [-0.4, -0.2) is 145 Å². The zero-order valence-corrected chi connectivity index (χ0v) is 42.0. The summed E-state index contributed by atoms with van der Waals surface area (Å²) in [4.78, 5) is 67.4. The second-order valence-corrected chi connectivity index (χ2v) is 21.3. The molecule has 5 aliphatic rings. The van der Waals surface area contributed by atoms with Crippen LogP contribution >= 0.6 is 15.9 Å². The molecule has 19 nitrogen and oxygen atoms in total. The number of piperidine rings is 3. The second kappa shape index (κ2) is 19.9.